The lowest BCUT2D eigenvalue weighted by atomic mass is 10.1. The van der Waals surface area contributed by atoms with Crippen molar-refractivity contribution >= 4 is 33.2 Å². The van der Waals surface area contributed by atoms with E-state index in [4.69, 9.17) is 11.6 Å². The number of sulfonamides is 1. The molecule has 0 radical (unpaired) electrons. The largest absolute Gasteiger partial charge is 0.352 e. The van der Waals surface area contributed by atoms with Crippen LogP contribution < -0.4 is 10.0 Å². The number of benzene rings is 2. The molecule has 0 bridgehead atoms. The number of anilines is 1. The minimum absolute atomic E-state index is 0.0217. The third-order valence-corrected chi connectivity index (χ3v) is 5.46. The Morgan fingerprint density at radius 3 is 2.58 bits per heavy atom. The average Bonchev–Trinajstić information content (AvgIpc) is 2.57. The molecular formula is C19H23ClN2O3S. The predicted molar refractivity (Wildman–Crippen MR) is 105 cm³/mol. The third-order valence-electron chi connectivity index (χ3n) is 3.86. The SMILES string of the molecule is Cc1ccc(Cl)cc1NS(=O)(=O)c1cccc(C(=O)NCCC(C)C)c1. The third kappa shape index (κ3) is 5.47. The Labute approximate surface area is 159 Å². The quantitative estimate of drug-likeness (QED) is 0.738. The summed E-state index contributed by atoms with van der Waals surface area (Å²) in [6.07, 6.45) is 0.860. The number of hydrogen-bond acceptors (Lipinski definition) is 3. The van der Waals surface area contributed by atoms with Crippen molar-refractivity contribution in [1.82, 2.24) is 5.32 Å². The van der Waals surface area contributed by atoms with Gasteiger partial charge >= 0.3 is 0 Å². The van der Waals surface area contributed by atoms with Crippen LogP contribution in [0.1, 0.15) is 36.2 Å². The Balaban J connectivity index is 2.19. The molecule has 0 unspecified atom stereocenters. The van der Waals surface area contributed by atoms with E-state index in [-0.39, 0.29) is 10.8 Å². The van der Waals surface area contributed by atoms with Crippen LogP contribution in [0.2, 0.25) is 5.02 Å². The number of nitrogens with one attached hydrogen (secondary N) is 2. The molecule has 1 amide bonds. The highest BCUT2D eigenvalue weighted by molar-refractivity contribution is 7.92. The van der Waals surface area contributed by atoms with Gasteiger partial charge in [0.1, 0.15) is 0 Å². The molecule has 0 aromatic heterocycles. The topological polar surface area (TPSA) is 75.3 Å². The van der Waals surface area contributed by atoms with Crippen LogP contribution in [0.3, 0.4) is 0 Å². The molecule has 7 heteroatoms. The molecule has 140 valence electrons. The molecule has 0 aliphatic carbocycles. The van der Waals surface area contributed by atoms with Gasteiger partial charge in [0.05, 0.1) is 10.6 Å². The van der Waals surface area contributed by atoms with E-state index in [0.29, 0.717) is 28.7 Å². The molecule has 0 aliphatic rings. The summed E-state index contributed by atoms with van der Waals surface area (Å²) in [4.78, 5) is 12.2. The van der Waals surface area contributed by atoms with E-state index in [2.05, 4.69) is 23.9 Å². The van der Waals surface area contributed by atoms with Crippen LogP contribution in [0.4, 0.5) is 5.69 Å². The van der Waals surface area contributed by atoms with Crippen molar-refractivity contribution in [3.63, 3.8) is 0 Å². The second kappa shape index (κ2) is 8.56. The molecule has 0 heterocycles. The van der Waals surface area contributed by atoms with Gasteiger partial charge in [-0.05, 0) is 55.2 Å². The van der Waals surface area contributed by atoms with E-state index in [1.165, 1.54) is 12.1 Å². The molecule has 2 aromatic carbocycles. The first-order valence-corrected chi connectivity index (χ1v) is 10.2. The number of rotatable bonds is 7. The fourth-order valence-corrected chi connectivity index (χ4v) is 3.63. The van der Waals surface area contributed by atoms with Gasteiger partial charge in [-0.3, -0.25) is 9.52 Å². The highest BCUT2D eigenvalue weighted by atomic mass is 35.5. The van der Waals surface area contributed by atoms with Gasteiger partial charge in [-0.2, -0.15) is 0 Å². The maximum Gasteiger partial charge on any atom is 0.261 e. The Bertz CT molecular complexity index is 895. The number of amides is 1. The van der Waals surface area contributed by atoms with Crippen molar-refractivity contribution in [3.05, 3.63) is 58.6 Å². The first-order chi connectivity index (χ1) is 12.2. The van der Waals surface area contributed by atoms with Crippen molar-refractivity contribution in [3.8, 4) is 0 Å². The summed E-state index contributed by atoms with van der Waals surface area (Å²) in [5, 5.41) is 3.24. The first kappa shape index (κ1) is 20.3. The molecule has 2 N–H and O–H groups in total. The van der Waals surface area contributed by atoms with Crippen LogP contribution in [0.15, 0.2) is 47.4 Å². The van der Waals surface area contributed by atoms with E-state index in [1.807, 2.05) is 0 Å². The van der Waals surface area contributed by atoms with E-state index in [0.717, 1.165) is 12.0 Å². The second-order valence-corrected chi connectivity index (χ2v) is 8.65. The van der Waals surface area contributed by atoms with E-state index in [1.54, 1.807) is 37.3 Å². The number of hydrogen-bond donors (Lipinski definition) is 2. The van der Waals surface area contributed by atoms with Crippen molar-refractivity contribution in [2.45, 2.75) is 32.1 Å². The zero-order valence-corrected chi connectivity index (χ0v) is 16.6. The lowest BCUT2D eigenvalue weighted by Crippen LogP contribution is -2.25. The van der Waals surface area contributed by atoms with Crippen molar-refractivity contribution in [2.24, 2.45) is 5.92 Å². The first-order valence-electron chi connectivity index (χ1n) is 8.36. The van der Waals surface area contributed by atoms with Crippen molar-refractivity contribution in [2.75, 3.05) is 11.3 Å². The van der Waals surface area contributed by atoms with Gasteiger partial charge in [0.15, 0.2) is 0 Å². The van der Waals surface area contributed by atoms with Gasteiger partial charge in [0, 0.05) is 17.1 Å². The minimum Gasteiger partial charge on any atom is -0.352 e. The molecule has 2 rings (SSSR count). The van der Waals surface area contributed by atoms with Gasteiger partial charge < -0.3 is 5.32 Å². The summed E-state index contributed by atoms with van der Waals surface area (Å²) < 4.78 is 27.8. The molecular weight excluding hydrogens is 372 g/mol. The highest BCUT2D eigenvalue weighted by Gasteiger charge is 2.17. The molecule has 26 heavy (non-hydrogen) atoms. The molecule has 2 aromatic rings. The van der Waals surface area contributed by atoms with Gasteiger partial charge in [-0.25, -0.2) is 8.42 Å². The lowest BCUT2D eigenvalue weighted by molar-refractivity contribution is 0.0952. The van der Waals surface area contributed by atoms with Gasteiger partial charge in [0.25, 0.3) is 15.9 Å². The van der Waals surface area contributed by atoms with Gasteiger partial charge in [-0.1, -0.05) is 37.6 Å². The van der Waals surface area contributed by atoms with Gasteiger partial charge in [0.2, 0.25) is 0 Å². The maximum atomic E-state index is 12.7. The summed E-state index contributed by atoms with van der Waals surface area (Å²) in [5.41, 5.74) is 1.46. The Morgan fingerprint density at radius 2 is 1.88 bits per heavy atom. The van der Waals surface area contributed by atoms with E-state index < -0.39 is 10.0 Å². The van der Waals surface area contributed by atoms with Gasteiger partial charge in [-0.15, -0.1) is 0 Å². The summed E-state index contributed by atoms with van der Waals surface area (Å²) in [6, 6.07) is 10.9. The zero-order chi connectivity index (χ0) is 19.3. The summed E-state index contributed by atoms with van der Waals surface area (Å²) in [6.45, 7) is 6.48. The highest BCUT2D eigenvalue weighted by Crippen LogP contribution is 2.23. The molecule has 0 atom stereocenters. The fraction of sp³-hybridized carbons (Fsp3) is 0.316. The smallest absolute Gasteiger partial charge is 0.261 e. The normalized spacial score (nSPS) is 11.4. The van der Waals surface area contributed by atoms with Crippen LogP contribution in [-0.4, -0.2) is 20.9 Å². The van der Waals surface area contributed by atoms with E-state index in [9.17, 15) is 13.2 Å². The molecule has 0 spiro atoms. The number of aryl methyl sites for hydroxylation is 1. The molecule has 0 saturated heterocycles. The number of carbonyl (C=O) groups is 1. The van der Waals surface area contributed by atoms with Crippen LogP contribution in [0.5, 0.6) is 0 Å². The zero-order valence-electron chi connectivity index (χ0n) is 15.0. The van der Waals surface area contributed by atoms with Crippen LogP contribution in [-0.2, 0) is 10.0 Å². The predicted octanol–water partition coefficient (Wildman–Crippen LogP) is 4.23. The molecule has 0 fully saturated rings. The van der Waals surface area contributed by atoms with Crippen LogP contribution >= 0.6 is 11.6 Å². The molecule has 0 aliphatic heterocycles. The summed E-state index contributed by atoms with van der Waals surface area (Å²) in [5.74, 6) is 0.189. The monoisotopic (exact) mass is 394 g/mol. The average molecular weight is 395 g/mol. The fourth-order valence-electron chi connectivity index (χ4n) is 2.29. The summed E-state index contributed by atoms with van der Waals surface area (Å²) in [7, 11) is -3.83. The summed E-state index contributed by atoms with van der Waals surface area (Å²) >= 11 is 5.94. The Morgan fingerprint density at radius 1 is 1.15 bits per heavy atom. The maximum absolute atomic E-state index is 12.7. The van der Waals surface area contributed by atoms with Crippen LogP contribution in [0, 0.1) is 12.8 Å². The van der Waals surface area contributed by atoms with E-state index >= 15 is 0 Å². The van der Waals surface area contributed by atoms with Crippen molar-refractivity contribution in [1.29, 1.82) is 0 Å². The Hall–Kier alpha value is -2.05. The minimum atomic E-state index is -3.83. The van der Waals surface area contributed by atoms with Crippen molar-refractivity contribution < 1.29 is 13.2 Å². The number of carbonyl (C=O) groups excluding carboxylic acids is 1. The lowest BCUT2D eigenvalue weighted by Gasteiger charge is -2.12. The standard InChI is InChI=1S/C19H23ClN2O3S/c1-13(2)9-10-21-19(23)15-5-4-6-17(11-15)26(24,25)22-18-12-16(20)8-7-14(18)3/h4-8,11-13,22H,9-10H2,1-3H3,(H,21,23). The Kier molecular flexibility index (Phi) is 6.67. The molecule has 5 nitrogen and oxygen atoms in total. The molecule has 0 saturated carbocycles. The second-order valence-electron chi connectivity index (χ2n) is 6.53. The number of halogens is 1. The van der Waals surface area contributed by atoms with Crippen LogP contribution in [0.25, 0.3) is 0 Å².